The number of aliphatic hydroxyl groups is 3. The maximum Gasteiger partial charge on any atom is 0.311 e. The van der Waals surface area contributed by atoms with Crippen LogP contribution in [0.25, 0.3) is 0 Å². The number of fused-ring (bicyclic) bond motifs is 2. The first-order chi connectivity index (χ1) is 23.1. The lowest BCUT2D eigenvalue weighted by atomic mass is 9.79. The van der Waals surface area contributed by atoms with Gasteiger partial charge in [0.25, 0.3) is 0 Å². The largest absolute Gasteiger partial charge is 0.488 e. The maximum absolute atomic E-state index is 14.1. The fourth-order valence-corrected chi connectivity index (χ4v) is 8.56. The molecule has 13 nitrogen and oxygen atoms in total. The molecule has 0 radical (unpaired) electrons. The van der Waals surface area contributed by atoms with Crippen molar-refractivity contribution in [3.05, 3.63) is 11.3 Å². The summed E-state index contributed by atoms with van der Waals surface area (Å²) in [6.45, 7) is 17.6. The molecule has 4 rings (SSSR count). The molecule has 2 bridgehead atoms. The lowest BCUT2D eigenvalue weighted by Crippen LogP contribution is -2.60. The number of hydrogen-bond donors (Lipinski definition) is 3. The Labute approximate surface area is 297 Å². The number of methoxy groups -OCH3 is 1. The summed E-state index contributed by atoms with van der Waals surface area (Å²) in [5, 5.41) is 34.1. The van der Waals surface area contributed by atoms with E-state index >= 15 is 0 Å². The first-order valence-electron chi connectivity index (χ1n) is 18.2. The molecule has 0 aromatic carbocycles. The van der Waals surface area contributed by atoms with Crippen molar-refractivity contribution in [3.63, 3.8) is 0 Å². The van der Waals surface area contributed by atoms with Crippen molar-refractivity contribution in [2.75, 3.05) is 21.2 Å². The van der Waals surface area contributed by atoms with Crippen LogP contribution in [0.3, 0.4) is 0 Å². The third kappa shape index (κ3) is 7.82. The Balaban J connectivity index is 1.84. The van der Waals surface area contributed by atoms with Crippen molar-refractivity contribution in [3.8, 4) is 0 Å². The summed E-state index contributed by atoms with van der Waals surface area (Å²) < 4.78 is 44.4. The van der Waals surface area contributed by atoms with Crippen molar-refractivity contribution in [1.82, 2.24) is 4.90 Å². The standard InChI is InChI=1S/C37H63NO12/c1-14-25-37(10,43)30(40)20(4)28-18(2)16-36(9,50-28)32(49-34-27(39)24(38(11)12)15-19(3)45-34)21(5)29(22(6)33(42)47-25)48-26-17-35(8,44-13)31(41)23(7)46-26/h19-27,29,31-32,34,39,41,43H,14-17H2,1-13H3/t19?,20-,21?,22?,23?,24?,25?,26-,27+,29?,31-,32+,34?,35+,36-,37+/m0/s1. The Morgan fingerprint density at radius 3 is 2.22 bits per heavy atom. The van der Waals surface area contributed by atoms with Crippen LogP contribution in [0, 0.1) is 17.8 Å². The first-order valence-corrected chi connectivity index (χ1v) is 18.2. The number of esters is 1. The number of ketones is 1. The number of ether oxygens (including phenoxy) is 7. The van der Waals surface area contributed by atoms with Crippen LogP contribution in [0.1, 0.15) is 94.9 Å². The molecule has 0 aromatic rings. The van der Waals surface area contributed by atoms with E-state index in [4.69, 9.17) is 33.2 Å². The predicted molar refractivity (Wildman–Crippen MR) is 183 cm³/mol. The van der Waals surface area contributed by atoms with Gasteiger partial charge in [0.05, 0.1) is 35.7 Å². The van der Waals surface area contributed by atoms with Crippen molar-refractivity contribution in [2.24, 2.45) is 17.8 Å². The summed E-state index contributed by atoms with van der Waals surface area (Å²) in [5.74, 6) is -3.23. The molecule has 3 fully saturated rings. The summed E-state index contributed by atoms with van der Waals surface area (Å²) in [5.41, 5.74) is -3.31. The fraction of sp³-hybridized carbons (Fsp3) is 0.892. The lowest BCUT2D eigenvalue weighted by Gasteiger charge is -2.48. The molecule has 4 aliphatic heterocycles. The second kappa shape index (κ2) is 15.4. The number of cyclic esters (lactones) is 1. The second-order valence-electron chi connectivity index (χ2n) is 16.1. The van der Waals surface area contributed by atoms with Crippen LogP contribution in [0.15, 0.2) is 11.3 Å². The zero-order chi connectivity index (χ0) is 37.7. The van der Waals surface area contributed by atoms with Gasteiger partial charge < -0.3 is 53.4 Å². The van der Waals surface area contributed by atoms with Crippen molar-refractivity contribution >= 4 is 11.8 Å². The van der Waals surface area contributed by atoms with Gasteiger partial charge in [0, 0.05) is 31.9 Å². The summed E-state index contributed by atoms with van der Waals surface area (Å²) in [6, 6.07) is -0.247. The number of aliphatic hydroxyl groups excluding tert-OH is 2. The number of likely N-dealkylation sites (N-methyl/N-ethyl adjacent to an activating group) is 1. The molecule has 50 heavy (non-hydrogen) atoms. The average Bonchev–Trinajstić information content (AvgIpc) is 3.37. The van der Waals surface area contributed by atoms with Crippen LogP contribution >= 0.6 is 0 Å². The topological polar surface area (TPSA) is 163 Å². The molecule has 4 heterocycles. The molecule has 0 spiro atoms. The number of carbonyl (C=O) groups excluding carboxylic acids is 2. The van der Waals surface area contributed by atoms with E-state index in [0.717, 1.165) is 5.57 Å². The van der Waals surface area contributed by atoms with E-state index in [1.807, 2.05) is 46.7 Å². The number of rotatable bonds is 7. The number of hydrogen-bond acceptors (Lipinski definition) is 13. The van der Waals surface area contributed by atoms with Gasteiger partial charge in [-0.2, -0.15) is 0 Å². The Bertz CT molecular complexity index is 1260. The summed E-state index contributed by atoms with van der Waals surface area (Å²) in [4.78, 5) is 30.0. The smallest absolute Gasteiger partial charge is 0.311 e. The van der Waals surface area contributed by atoms with Crippen LogP contribution in [-0.4, -0.2) is 131 Å². The molecule has 0 amide bonds. The van der Waals surface area contributed by atoms with Crippen LogP contribution in [-0.2, 0) is 42.7 Å². The molecule has 0 aromatic heterocycles. The third-order valence-corrected chi connectivity index (χ3v) is 11.7. The van der Waals surface area contributed by atoms with Crippen molar-refractivity contribution < 1.29 is 58.1 Å². The van der Waals surface area contributed by atoms with Gasteiger partial charge in [-0.1, -0.05) is 13.8 Å². The number of Topliss-reactive ketones (excluding diaryl/α,β-unsaturated/α-hetero) is 1. The molecule has 8 unspecified atom stereocenters. The van der Waals surface area contributed by atoms with Crippen LogP contribution in [0.5, 0.6) is 0 Å². The maximum atomic E-state index is 14.1. The molecular weight excluding hydrogens is 650 g/mol. The van der Waals surface area contributed by atoms with Gasteiger partial charge >= 0.3 is 5.97 Å². The lowest BCUT2D eigenvalue weighted by molar-refractivity contribution is -0.316. The summed E-state index contributed by atoms with van der Waals surface area (Å²) >= 11 is 0. The van der Waals surface area contributed by atoms with Gasteiger partial charge in [0.1, 0.15) is 35.8 Å². The molecule has 3 saturated heterocycles. The summed E-state index contributed by atoms with van der Waals surface area (Å²) in [7, 11) is 5.32. The molecule has 288 valence electrons. The number of nitrogens with zero attached hydrogens (tertiary/aromatic N) is 1. The van der Waals surface area contributed by atoms with E-state index in [2.05, 4.69) is 0 Å². The highest BCUT2D eigenvalue weighted by Gasteiger charge is 2.56. The summed E-state index contributed by atoms with van der Waals surface area (Å²) in [6.07, 6.45) is -6.40. The van der Waals surface area contributed by atoms with Gasteiger partial charge in [-0.25, -0.2) is 0 Å². The van der Waals surface area contributed by atoms with Gasteiger partial charge in [0.2, 0.25) is 0 Å². The van der Waals surface area contributed by atoms with E-state index in [-0.39, 0.29) is 25.0 Å². The average molecular weight is 714 g/mol. The minimum absolute atomic E-state index is 0.162. The predicted octanol–water partition coefficient (Wildman–Crippen LogP) is 3.10. The van der Waals surface area contributed by atoms with Crippen LogP contribution < -0.4 is 0 Å². The zero-order valence-electron chi connectivity index (χ0n) is 32.3. The number of carbonyl (C=O) groups is 2. The van der Waals surface area contributed by atoms with Crippen molar-refractivity contribution in [2.45, 2.75) is 173 Å². The van der Waals surface area contributed by atoms with Gasteiger partial charge in [-0.15, -0.1) is 0 Å². The molecule has 0 saturated carbocycles. The quantitative estimate of drug-likeness (QED) is 0.331. The van der Waals surface area contributed by atoms with E-state index in [9.17, 15) is 24.9 Å². The van der Waals surface area contributed by atoms with E-state index in [1.165, 1.54) is 14.0 Å². The Morgan fingerprint density at radius 1 is 1.00 bits per heavy atom. The molecule has 13 heteroatoms. The molecule has 3 N–H and O–H groups in total. The Hall–Kier alpha value is -1.68. The van der Waals surface area contributed by atoms with E-state index in [0.29, 0.717) is 18.6 Å². The minimum atomic E-state index is -2.01. The van der Waals surface area contributed by atoms with E-state index < -0.39 is 95.5 Å². The van der Waals surface area contributed by atoms with Crippen LogP contribution in [0.4, 0.5) is 0 Å². The molecule has 0 aliphatic carbocycles. The fourth-order valence-electron chi connectivity index (χ4n) is 8.56. The van der Waals surface area contributed by atoms with Crippen molar-refractivity contribution in [1.29, 1.82) is 0 Å². The molecular formula is C37H63NO12. The highest BCUT2D eigenvalue weighted by molar-refractivity contribution is 5.91. The zero-order valence-corrected chi connectivity index (χ0v) is 32.3. The highest BCUT2D eigenvalue weighted by atomic mass is 16.7. The second-order valence-corrected chi connectivity index (χ2v) is 16.1. The SMILES string of the molecule is CCC1OC(=O)C(C)C(O[C@H]2C[C@@](C)(OC)[C@@H](O)C(C)O2)C(C)[C@@H](OC2OC(C)CC(N(C)C)[C@H]2O)[C@]2(C)CC(C)=C(O2)[C@H](C)C(=O)[C@]1(C)O. The molecule has 16 atom stereocenters. The Kier molecular flexibility index (Phi) is 12.6. The first kappa shape index (κ1) is 41.1. The normalized spacial score (nSPS) is 48.1. The van der Waals surface area contributed by atoms with E-state index in [1.54, 1.807) is 34.6 Å². The highest BCUT2D eigenvalue weighted by Crippen LogP contribution is 2.47. The van der Waals surface area contributed by atoms with Gasteiger partial charge in [0.15, 0.2) is 24.0 Å². The monoisotopic (exact) mass is 713 g/mol. The molecule has 4 aliphatic rings. The van der Waals surface area contributed by atoms with Crippen LogP contribution in [0.2, 0.25) is 0 Å². The van der Waals surface area contributed by atoms with Gasteiger partial charge in [-0.3, -0.25) is 9.59 Å². The number of allylic oxidation sites excluding steroid dienone is 1. The van der Waals surface area contributed by atoms with Gasteiger partial charge in [-0.05, 0) is 87.9 Å². The minimum Gasteiger partial charge on any atom is -0.488 e. The third-order valence-electron chi connectivity index (χ3n) is 11.7. The Morgan fingerprint density at radius 2 is 1.64 bits per heavy atom.